The van der Waals surface area contributed by atoms with Gasteiger partial charge in [-0.05, 0) is 37.5 Å². The lowest BCUT2D eigenvalue weighted by molar-refractivity contribution is -0.141. The summed E-state index contributed by atoms with van der Waals surface area (Å²) in [5, 5.41) is 10.3. The Labute approximate surface area is 122 Å². The second kappa shape index (κ2) is 6.52. The van der Waals surface area contributed by atoms with E-state index in [2.05, 4.69) is 4.98 Å². The first-order valence-corrected chi connectivity index (χ1v) is 7.17. The number of carboxylic acid groups (broad SMARTS) is 1. The highest BCUT2D eigenvalue weighted by Crippen LogP contribution is 2.21. The maximum atomic E-state index is 11.4. The highest BCUT2D eigenvalue weighted by atomic mass is 32.1. The van der Waals surface area contributed by atoms with E-state index in [0.29, 0.717) is 12.8 Å². The largest absolute Gasteiger partial charge is 0.497 e. The summed E-state index contributed by atoms with van der Waals surface area (Å²) in [5.74, 6) is -0.422. The average molecular weight is 291 g/mol. The smallest absolute Gasteiger partial charge is 0.307 e. The van der Waals surface area contributed by atoms with Gasteiger partial charge in [0, 0.05) is 11.1 Å². The van der Waals surface area contributed by atoms with Crippen LogP contribution < -0.4 is 4.74 Å². The number of carboxylic acids is 1. The molecule has 0 fully saturated rings. The maximum Gasteiger partial charge on any atom is 0.307 e. The van der Waals surface area contributed by atoms with Gasteiger partial charge in [0.05, 0.1) is 18.0 Å². The van der Waals surface area contributed by atoms with Gasteiger partial charge in [-0.3, -0.25) is 4.79 Å². The molecule has 0 radical (unpaired) electrons. The average Bonchev–Trinajstić information content (AvgIpc) is 2.84. The minimum absolute atomic E-state index is 0.428. The molecule has 20 heavy (non-hydrogen) atoms. The minimum atomic E-state index is -0.771. The van der Waals surface area contributed by atoms with E-state index in [1.165, 1.54) is 0 Å². The van der Waals surface area contributed by atoms with Crippen LogP contribution in [0, 0.1) is 12.8 Å². The fourth-order valence-electron chi connectivity index (χ4n) is 2.04. The monoisotopic (exact) mass is 291 g/mol. The van der Waals surface area contributed by atoms with Crippen molar-refractivity contribution in [3.8, 4) is 5.75 Å². The van der Waals surface area contributed by atoms with Crippen LogP contribution in [0.2, 0.25) is 0 Å². The van der Waals surface area contributed by atoms with Gasteiger partial charge in [-0.1, -0.05) is 12.1 Å². The van der Waals surface area contributed by atoms with Crippen LogP contribution in [-0.4, -0.2) is 23.2 Å². The van der Waals surface area contributed by atoms with Crippen molar-refractivity contribution in [1.29, 1.82) is 0 Å². The summed E-state index contributed by atoms with van der Waals surface area (Å²) in [5.41, 5.74) is 0.999. The van der Waals surface area contributed by atoms with Crippen molar-refractivity contribution in [2.24, 2.45) is 5.92 Å². The van der Waals surface area contributed by atoms with Crippen molar-refractivity contribution in [2.75, 3.05) is 7.11 Å². The summed E-state index contributed by atoms with van der Waals surface area (Å²) in [6.45, 7) is 1.92. The second-order valence-corrected chi connectivity index (χ2v) is 5.96. The van der Waals surface area contributed by atoms with E-state index < -0.39 is 11.9 Å². The zero-order valence-corrected chi connectivity index (χ0v) is 12.3. The summed E-state index contributed by atoms with van der Waals surface area (Å²) >= 11 is 1.56. The molecule has 0 spiro atoms. The van der Waals surface area contributed by atoms with Crippen LogP contribution in [0.5, 0.6) is 5.75 Å². The first-order chi connectivity index (χ1) is 9.58. The molecule has 0 bridgehead atoms. The maximum absolute atomic E-state index is 11.4. The van der Waals surface area contributed by atoms with Crippen LogP contribution in [0.4, 0.5) is 0 Å². The molecule has 0 amide bonds. The van der Waals surface area contributed by atoms with Crippen molar-refractivity contribution in [3.05, 3.63) is 45.9 Å². The molecule has 1 aromatic carbocycles. The van der Waals surface area contributed by atoms with Gasteiger partial charge in [0.25, 0.3) is 0 Å². The van der Waals surface area contributed by atoms with E-state index in [1.54, 1.807) is 24.6 Å². The van der Waals surface area contributed by atoms with Gasteiger partial charge >= 0.3 is 5.97 Å². The Bertz CT molecular complexity index is 577. The van der Waals surface area contributed by atoms with Crippen LogP contribution >= 0.6 is 11.3 Å². The molecular weight excluding hydrogens is 274 g/mol. The molecule has 2 aromatic rings. The Morgan fingerprint density at radius 3 is 2.55 bits per heavy atom. The van der Waals surface area contributed by atoms with Crippen molar-refractivity contribution in [3.63, 3.8) is 0 Å². The van der Waals surface area contributed by atoms with Crippen LogP contribution in [0.15, 0.2) is 30.5 Å². The SMILES string of the molecule is COc1ccc(CC(Cc2cnc(C)s2)C(=O)O)cc1. The highest BCUT2D eigenvalue weighted by molar-refractivity contribution is 7.11. The molecule has 1 unspecified atom stereocenters. The first-order valence-electron chi connectivity index (χ1n) is 6.35. The number of hydrogen-bond donors (Lipinski definition) is 1. The topological polar surface area (TPSA) is 59.4 Å². The molecule has 0 aliphatic rings. The summed E-state index contributed by atoms with van der Waals surface area (Å²) in [6, 6.07) is 7.52. The van der Waals surface area contributed by atoms with Gasteiger partial charge in [0.15, 0.2) is 0 Å². The lowest BCUT2D eigenvalue weighted by atomic mass is 9.96. The van der Waals surface area contributed by atoms with Gasteiger partial charge in [0.1, 0.15) is 5.75 Å². The predicted octanol–water partition coefficient (Wildman–Crippen LogP) is 2.95. The molecule has 1 aromatic heterocycles. The third kappa shape index (κ3) is 3.81. The Hall–Kier alpha value is -1.88. The van der Waals surface area contributed by atoms with Gasteiger partial charge in [-0.25, -0.2) is 4.98 Å². The summed E-state index contributed by atoms with van der Waals surface area (Å²) in [6.07, 6.45) is 2.80. The molecule has 5 heteroatoms. The molecule has 1 heterocycles. The number of aryl methyl sites for hydroxylation is 1. The van der Waals surface area contributed by atoms with E-state index in [0.717, 1.165) is 21.2 Å². The van der Waals surface area contributed by atoms with Crippen molar-refractivity contribution < 1.29 is 14.6 Å². The Morgan fingerprint density at radius 1 is 1.35 bits per heavy atom. The molecule has 1 atom stereocenters. The Kier molecular flexibility index (Phi) is 4.74. The first kappa shape index (κ1) is 14.5. The number of nitrogens with zero attached hydrogens (tertiary/aromatic N) is 1. The molecule has 2 rings (SSSR count). The number of aliphatic carboxylic acids is 1. The molecule has 0 aliphatic carbocycles. The van der Waals surface area contributed by atoms with Crippen LogP contribution in [0.3, 0.4) is 0 Å². The zero-order chi connectivity index (χ0) is 14.5. The van der Waals surface area contributed by atoms with E-state index in [-0.39, 0.29) is 0 Å². The normalized spacial score (nSPS) is 12.1. The zero-order valence-electron chi connectivity index (χ0n) is 11.5. The third-order valence-corrected chi connectivity index (χ3v) is 4.04. The van der Waals surface area contributed by atoms with Gasteiger partial charge in [-0.15, -0.1) is 11.3 Å². The number of aromatic nitrogens is 1. The quantitative estimate of drug-likeness (QED) is 0.889. The molecule has 0 aliphatic heterocycles. The number of benzene rings is 1. The van der Waals surface area contributed by atoms with E-state index in [4.69, 9.17) is 4.74 Å². The Morgan fingerprint density at radius 2 is 2.05 bits per heavy atom. The molecule has 1 N–H and O–H groups in total. The summed E-state index contributed by atoms with van der Waals surface area (Å²) < 4.78 is 5.10. The molecular formula is C15H17NO3S. The van der Waals surface area contributed by atoms with Crippen LogP contribution in [-0.2, 0) is 17.6 Å². The van der Waals surface area contributed by atoms with E-state index >= 15 is 0 Å². The van der Waals surface area contributed by atoms with Crippen molar-refractivity contribution in [2.45, 2.75) is 19.8 Å². The predicted molar refractivity (Wildman–Crippen MR) is 78.4 cm³/mol. The number of carbonyl (C=O) groups is 1. The number of hydrogen-bond acceptors (Lipinski definition) is 4. The molecule has 4 nitrogen and oxygen atoms in total. The second-order valence-electron chi connectivity index (χ2n) is 4.64. The van der Waals surface area contributed by atoms with Crippen molar-refractivity contribution in [1.82, 2.24) is 4.98 Å². The number of methoxy groups -OCH3 is 1. The Balaban J connectivity index is 2.06. The number of rotatable bonds is 6. The number of thiazole rings is 1. The minimum Gasteiger partial charge on any atom is -0.497 e. The fourth-order valence-corrected chi connectivity index (χ4v) is 2.91. The molecule has 0 saturated heterocycles. The molecule has 0 saturated carbocycles. The molecule has 106 valence electrons. The highest BCUT2D eigenvalue weighted by Gasteiger charge is 2.19. The third-order valence-electron chi connectivity index (χ3n) is 3.11. The van der Waals surface area contributed by atoms with Crippen LogP contribution in [0.25, 0.3) is 0 Å². The summed E-state index contributed by atoms with van der Waals surface area (Å²) in [4.78, 5) is 16.6. The fraction of sp³-hybridized carbons (Fsp3) is 0.333. The van der Waals surface area contributed by atoms with Crippen molar-refractivity contribution >= 4 is 17.3 Å². The summed E-state index contributed by atoms with van der Waals surface area (Å²) in [7, 11) is 1.61. The van der Waals surface area contributed by atoms with Gasteiger partial charge in [-0.2, -0.15) is 0 Å². The number of ether oxygens (including phenoxy) is 1. The standard InChI is InChI=1S/C15H17NO3S/c1-10-16-9-14(20-10)8-12(15(17)18)7-11-3-5-13(19-2)6-4-11/h3-6,9,12H,7-8H2,1-2H3,(H,17,18). The van der Waals surface area contributed by atoms with Gasteiger partial charge in [0.2, 0.25) is 0 Å². The lowest BCUT2D eigenvalue weighted by Crippen LogP contribution is -2.18. The lowest BCUT2D eigenvalue weighted by Gasteiger charge is -2.11. The van der Waals surface area contributed by atoms with Gasteiger partial charge < -0.3 is 9.84 Å². The van der Waals surface area contributed by atoms with E-state index in [1.807, 2.05) is 31.2 Å². The van der Waals surface area contributed by atoms with Crippen LogP contribution in [0.1, 0.15) is 15.4 Å². The van der Waals surface area contributed by atoms with E-state index in [9.17, 15) is 9.90 Å².